The molecule has 0 aliphatic heterocycles. The number of carbonyl (C=O) groups excluding carboxylic acids is 4. The third-order valence-corrected chi connectivity index (χ3v) is 2.14. The van der Waals surface area contributed by atoms with Crippen LogP contribution < -0.4 is 20.4 Å². The molecule has 11 heteroatoms. The van der Waals surface area contributed by atoms with Crippen LogP contribution in [0, 0.1) is 0 Å². The molecule has 0 N–H and O–H groups in total. The first-order valence-corrected chi connectivity index (χ1v) is 5.44. The number of rotatable bonds is 11. The van der Waals surface area contributed by atoms with Crippen LogP contribution in [0.3, 0.4) is 0 Å². The zero-order chi connectivity index (χ0) is 15.7. The van der Waals surface area contributed by atoms with E-state index in [2.05, 4.69) is 0 Å². The van der Waals surface area contributed by atoms with Crippen molar-refractivity contribution in [3.05, 3.63) is 0 Å². The van der Waals surface area contributed by atoms with Crippen molar-refractivity contribution in [2.24, 2.45) is 0 Å². The zero-order valence-electron chi connectivity index (χ0n) is 10.7. The van der Waals surface area contributed by atoms with E-state index in [1.807, 2.05) is 0 Å². The average molecular weight is 347 g/mol. The molecule has 0 aromatic heterocycles. The van der Waals surface area contributed by atoms with Crippen molar-refractivity contribution in [1.29, 1.82) is 0 Å². The minimum Gasteiger partial charge on any atom is -0.549 e. The van der Waals surface area contributed by atoms with Crippen LogP contribution >= 0.6 is 0 Å². The summed E-state index contributed by atoms with van der Waals surface area (Å²) in [5.41, 5.74) is 0. The predicted octanol–water partition coefficient (Wildman–Crippen LogP) is -7.41. The van der Waals surface area contributed by atoms with Crippen LogP contribution in [0.15, 0.2) is 0 Å². The van der Waals surface area contributed by atoms with Crippen LogP contribution in [0.2, 0.25) is 0 Å². The van der Waals surface area contributed by atoms with E-state index in [0.717, 1.165) is 9.80 Å². The van der Waals surface area contributed by atoms with E-state index in [1.54, 1.807) is 0 Å². The molecular weight excluding hydrogens is 335 g/mol. The number of aliphatic carboxylic acids is 4. The number of nitrogens with zero attached hydrogens (tertiary/aromatic N) is 2. The Bertz CT molecular complexity index is 321. The molecule has 0 heterocycles. The van der Waals surface area contributed by atoms with Gasteiger partial charge in [0.2, 0.25) is 0 Å². The summed E-state index contributed by atoms with van der Waals surface area (Å²) in [5, 5.41) is 41.6. The largest absolute Gasteiger partial charge is 2.00 e. The summed E-state index contributed by atoms with van der Waals surface area (Å²) in [6.45, 7) is -3.25. The number of hydrogen-bond donors (Lipinski definition) is 0. The number of carbonyl (C=O) groups is 4. The van der Waals surface area contributed by atoms with Gasteiger partial charge >= 0.3 is 16.8 Å². The molecule has 0 atom stereocenters. The van der Waals surface area contributed by atoms with E-state index in [9.17, 15) is 39.6 Å². The standard InChI is InChI=1S/C10H16N2O8.Co/c13-7(14)3-11(4-8(15)16)1-2-12(5-9(17)18)6-10(19)20;/h1-6H2,(H,13,14)(H,15,16)(H,17,18)(H,19,20);/q;+2/p-4. The van der Waals surface area contributed by atoms with Gasteiger partial charge in [-0.2, -0.15) is 0 Å². The van der Waals surface area contributed by atoms with Crippen molar-refractivity contribution in [2.45, 2.75) is 0 Å². The first kappa shape index (κ1) is 21.6. The van der Waals surface area contributed by atoms with Gasteiger partial charge in [-0.25, -0.2) is 0 Å². The van der Waals surface area contributed by atoms with Crippen molar-refractivity contribution >= 4 is 23.9 Å². The smallest absolute Gasteiger partial charge is 0.549 e. The van der Waals surface area contributed by atoms with Gasteiger partial charge in [-0.1, -0.05) is 0 Å². The van der Waals surface area contributed by atoms with Gasteiger partial charge in [0.15, 0.2) is 0 Å². The molecule has 0 aromatic rings. The molecule has 0 aliphatic rings. The van der Waals surface area contributed by atoms with Gasteiger partial charge < -0.3 is 39.6 Å². The van der Waals surface area contributed by atoms with E-state index < -0.39 is 50.1 Å². The fourth-order valence-electron chi connectivity index (χ4n) is 1.44. The average Bonchev–Trinajstić information content (AvgIpc) is 2.22. The van der Waals surface area contributed by atoms with Crippen molar-refractivity contribution in [3.63, 3.8) is 0 Å². The van der Waals surface area contributed by atoms with Crippen molar-refractivity contribution in [2.75, 3.05) is 39.3 Å². The molecule has 0 fully saturated rings. The Kier molecular flexibility index (Phi) is 11.3. The number of carboxylic acids is 4. The van der Waals surface area contributed by atoms with Crippen molar-refractivity contribution in [3.8, 4) is 0 Å². The van der Waals surface area contributed by atoms with Gasteiger partial charge in [0.1, 0.15) is 0 Å². The molecule has 0 amide bonds. The van der Waals surface area contributed by atoms with Crippen molar-refractivity contribution in [1.82, 2.24) is 9.80 Å². The summed E-state index contributed by atoms with van der Waals surface area (Å²) in [4.78, 5) is 43.4. The summed E-state index contributed by atoms with van der Waals surface area (Å²) in [5.74, 6) is -6.12. The summed E-state index contributed by atoms with van der Waals surface area (Å²) >= 11 is 0. The van der Waals surface area contributed by atoms with Crippen molar-refractivity contribution < 1.29 is 56.4 Å². The van der Waals surface area contributed by atoms with E-state index in [0.29, 0.717) is 0 Å². The molecule has 0 rings (SSSR count). The Hall–Kier alpha value is -1.69. The van der Waals surface area contributed by atoms with Crippen LogP contribution in [0.5, 0.6) is 0 Å². The Morgan fingerprint density at radius 3 is 0.905 bits per heavy atom. The maximum absolute atomic E-state index is 10.4. The molecule has 0 bridgehead atoms. The quantitative estimate of drug-likeness (QED) is 0.350. The fraction of sp³-hybridized carbons (Fsp3) is 0.600. The van der Waals surface area contributed by atoms with E-state index in [4.69, 9.17) is 0 Å². The molecule has 0 saturated heterocycles. The molecular formula is C10H12CoN2O8-2. The Balaban J connectivity index is 0. The van der Waals surface area contributed by atoms with Gasteiger partial charge in [0, 0.05) is 39.3 Å². The zero-order valence-corrected chi connectivity index (χ0v) is 11.8. The van der Waals surface area contributed by atoms with E-state index in [1.165, 1.54) is 0 Å². The molecule has 0 spiro atoms. The van der Waals surface area contributed by atoms with Gasteiger partial charge in [-0.15, -0.1) is 0 Å². The second-order valence-electron chi connectivity index (χ2n) is 3.91. The Labute approximate surface area is 130 Å². The maximum atomic E-state index is 10.4. The fourth-order valence-corrected chi connectivity index (χ4v) is 1.44. The summed E-state index contributed by atoms with van der Waals surface area (Å²) in [6, 6.07) is 0. The maximum Gasteiger partial charge on any atom is 2.00 e. The summed E-state index contributed by atoms with van der Waals surface area (Å²) in [7, 11) is 0. The molecule has 121 valence electrons. The molecule has 21 heavy (non-hydrogen) atoms. The first-order chi connectivity index (χ1) is 9.20. The van der Waals surface area contributed by atoms with Crippen LogP contribution in [0.25, 0.3) is 0 Å². The molecule has 0 aliphatic carbocycles. The normalized spacial score (nSPS) is 10.2. The third kappa shape index (κ3) is 13.1. The van der Waals surface area contributed by atoms with E-state index in [-0.39, 0.29) is 29.9 Å². The molecule has 1 radical (unpaired) electrons. The molecule has 10 nitrogen and oxygen atoms in total. The number of carboxylic acid groups (broad SMARTS) is 4. The second kappa shape index (κ2) is 11.0. The second-order valence-corrected chi connectivity index (χ2v) is 3.91. The summed E-state index contributed by atoms with van der Waals surface area (Å²) < 4.78 is 0. The summed E-state index contributed by atoms with van der Waals surface area (Å²) in [6.07, 6.45) is 0. The SMILES string of the molecule is O=C([O-])CN(CCN(CC(=O)[O-])CC(=O)[O-])CC(=O)[O-].[Co+2]. The van der Waals surface area contributed by atoms with Gasteiger partial charge in [-0.05, 0) is 0 Å². The topological polar surface area (TPSA) is 167 Å². The molecule has 0 unspecified atom stereocenters. The van der Waals surface area contributed by atoms with E-state index >= 15 is 0 Å². The minimum atomic E-state index is -1.53. The Morgan fingerprint density at radius 1 is 0.571 bits per heavy atom. The number of hydrogen-bond acceptors (Lipinski definition) is 10. The molecule has 0 aromatic carbocycles. The van der Waals surface area contributed by atoms with Crippen LogP contribution in [-0.4, -0.2) is 72.9 Å². The van der Waals surface area contributed by atoms with Crippen LogP contribution in [0.1, 0.15) is 0 Å². The first-order valence-electron chi connectivity index (χ1n) is 5.44. The van der Waals surface area contributed by atoms with Gasteiger partial charge in [0.05, 0.1) is 23.9 Å². The monoisotopic (exact) mass is 347 g/mol. The minimum absolute atomic E-state index is 0. The molecule has 0 saturated carbocycles. The van der Waals surface area contributed by atoms with Gasteiger partial charge in [-0.3, -0.25) is 9.80 Å². The Morgan fingerprint density at radius 2 is 0.762 bits per heavy atom. The van der Waals surface area contributed by atoms with Crippen LogP contribution in [0.4, 0.5) is 0 Å². The third-order valence-electron chi connectivity index (χ3n) is 2.14. The van der Waals surface area contributed by atoms with Gasteiger partial charge in [0.25, 0.3) is 0 Å². The predicted molar refractivity (Wildman–Crippen MR) is 52.9 cm³/mol. The van der Waals surface area contributed by atoms with Crippen LogP contribution in [-0.2, 0) is 36.0 Å².